The molecule has 0 fully saturated rings. The molecule has 0 amide bonds. The average Bonchev–Trinajstić information content (AvgIpc) is 2.20. The van der Waals surface area contributed by atoms with Crippen molar-refractivity contribution in [3.63, 3.8) is 0 Å². The Labute approximate surface area is 89.6 Å². The lowest BCUT2D eigenvalue weighted by Crippen LogP contribution is -2.06. The Morgan fingerprint density at radius 3 is 2.93 bits per heavy atom. The lowest BCUT2D eigenvalue weighted by atomic mass is 10.3. The van der Waals surface area contributed by atoms with Gasteiger partial charge >= 0.3 is 0 Å². The van der Waals surface area contributed by atoms with Crippen molar-refractivity contribution in [1.29, 1.82) is 0 Å². The van der Waals surface area contributed by atoms with Crippen LogP contribution in [0.2, 0.25) is 0 Å². The highest BCUT2D eigenvalue weighted by atomic mass is 32.2. The van der Waals surface area contributed by atoms with Crippen molar-refractivity contribution in [3.8, 4) is 0 Å². The van der Waals surface area contributed by atoms with E-state index in [0.717, 1.165) is 29.4 Å². The van der Waals surface area contributed by atoms with Gasteiger partial charge in [0.15, 0.2) is 0 Å². The van der Waals surface area contributed by atoms with Gasteiger partial charge in [0.05, 0.1) is 11.4 Å². The summed E-state index contributed by atoms with van der Waals surface area (Å²) in [5.41, 5.74) is 7.60. The topological polar surface area (TPSA) is 38.0 Å². The molecule has 0 atom stereocenters. The van der Waals surface area contributed by atoms with E-state index in [0.29, 0.717) is 0 Å². The minimum Gasteiger partial charge on any atom is -0.397 e. The third kappa shape index (κ3) is 3.75. The van der Waals surface area contributed by atoms with Crippen molar-refractivity contribution in [2.75, 3.05) is 29.1 Å². The zero-order chi connectivity index (χ0) is 10.2. The summed E-state index contributed by atoms with van der Waals surface area (Å²) in [7, 11) is 0. The highest BCUT2D eigenvalue weighted by Crippen LogP contribution is 2.16. The quantitative estimate of drug-likeness (QED) is 0.429. The van der Waals surface area contributed by atoms with E-state index >= 15 is 0 Å². The van der Waals surface area contributed by atoms with Crippen LogP contribution < -0.4 is 11.1 Å². The maximum atomic E-state index is 5.78. The number of rotatable bonds is 6. The van der Waals surface area contributed by atoms with Gasteiger partial charge in [-0.3, -0.25) is 0 Å². The molecule has 0 aliphatic carbocycles. The predicted molar refractivity (Wildman–Crippen MR) is 66.9 cm³/mol. The Kier molecular flexibility index (Phi) is 5.00. The van der Waals surface area contributed by atoms with Crippen LogP contribution >= 0.6 is 11.8 Å². The molecule has 3 N–H and O–H groups in total. The summed E-state index contributed by atoms with van der Waals surface area (Å²) in [6.07, 6.45) is 1.92. The van der Waals surface area contributed by atoms with E-state index in [2.05, 4.69) is 11.9 Å². The fraction of sp³-hybridized carbons (Fsp3) is 0.273. The lowest BCUT2D eigenvalue weighted by molar-refractivity contribution is 1.23. The SMILES string of the molecule is C=CCSCCNc1ccccc1N. The molecule has 2 nitrogen and oxygen atoms in total. The highest BCUT2D eigenvalue weighted by molar-refractivity contribution is 7.99. The molecule has 0 aliphatic heterocycles. The van der Waals surface area contributed by atoms with Gasteiger partial charge in [0.2, 0.25) is 0 Å². The van der Waals surface area contributed by atoms with Crippen LogP contribution in [0.3, 0.4) is 0 Å². The predicted octanol–water partition coefficient (Wildman–Crippen LogP) is 2.60. The summed E-state index contributed by atoms with van der Waals surface area (Å²) in [4.78, 5) is 0. The second kappa shape index (κ2) is 6.38. The molecule has 0 spiro atoms. The zero-order valence-corrected chi connectivity index (χ0v) is 9.02. The number of anilines is 2. The molecule has 1 aromatic rings. The lowest BCUT2D eigenvalue weighted by Gasteiger charge is -2.07. The molecular formula is C11H16N2S. The minimum absolute atomic E-state index is 0.807. The number of benzene rings is 1. The second-order valence-electron chi connectivity index (χ2n) is 2.88. The van der Waals surface area contributed by atoms with Gasteiger partial charge in [-0.25, -0.2) is 0 Å². The Balaban J connectivity index is 2.24. The monoisotopic (exact) mass is 208 g/mol. The molecule has 14 heavy (non-hydrogen) atoms. The molecule has 3 heteroatoms. The third-order valence-electron chi connectivity index (χ3n) is 1.76. The van der Waals surface area contributed by atoms with Crippen LogP contribution in [-0.4, -0.2) is 18.1 Å². The van der Waals surface area contributed by atoms with Crippen molar-refractivity contribution in [2.45, 2.75) is 0 Å². The standard InChI is InChI=1S/C11H16N2S/c1-2-8-14-9-7-13-11-6-4-3-5-10(11)12/h2-6,13H,1,7-9,12H2. The van der Waals surface area contributed by atoms with E-state index in [1.54, 1.807) is 0 Å². The first-order valence-electron chi connectivity index (χ1n) is 4.61. The molecule has 0 heterocycles. The van der Waals surface area contributed by atoms with E-state index < -0.39 is 0 Å². The van der Waals surface area contributed by atoms with Crippen molar-refractivity contribution in [2.24, 2.45) is 0 Å². The molecule has 0 aromatic heterocycles. The smallest absolute Gasteiger partial charge is 0.0574 e. The summed E-state index contributed by atoms with van der Waals surface area (Å²) in [5.74, 6) is 2.08. The molecule has 0 unspecified atom stereocenters. The van der Waals surface area contributed by atoms with Gasteiger partial charge in [-0.1, -0.05) is 18.2 Å². The molecule has 1 rings (SSSR count). The van der Waals surface area contributed by atoms with Crippen LogP contribution in [0.4, 0.5) is 11.4 Å². The Morgan fingerprint density at radius 1 is 1.43 bits per heavy atom. The molecule has 0 saturated heterocycles. The molecule has 0 radical (unpaired) electrons. The number of para-hydroxylation sites is 2. The van der Waals surface area contributed by atoms with Gasteiger partial charge in [0.25, 0.3) is 0 Å². The van der Waals surface area contributed by atoms with Crippen LogP contribution in [0.1, 0.15) is 0 Å². The first kappa shape index (κ1) is 11.0. The van der Waals surface area contributed by atoms with E-state index in [4.69, 9.17) is 5.73 Å². The van der Waals surface area contributed by atoms with Crippen LogP contribution in [0, 0.1) is 0 Å². The Bertz CT molecular complexity index is 286. The normalized spacial score (nSPS) is 9.71. The average molecular weight is 208 g/mol. The van der Waals surface area contributed by atoms with Crippen molar-refractivity contribution >= 4 is 23.1 Å². The van der Waals surface area contributed by atoms with Crippen LogP contribution in [0.25, 0.3) is 0 Å². The van der Waals surface area contributed by atoms with Crippen molar-refractivity contribution < 1.29 is 0 Å². The number of thioether (sulfide) groups is 1. The first-order chi connectivity index (χ1) is 6.84. The maximum Gasteiger partial charge on any atom is 0.0574 e. The van der Waals surface area contributed by atoms with Crippen LogP contribution in [0.15, 0.2) is 36.9 Å². The van der Waals surface area contributed by atoms with E-state index in [9.17, 15) is 0 Å². The minimum atomic E-state index is 0.807. The number of hydrogen-bond donors (Lipinski definition) is 2. The Hall–Kier alpha value is -1.09. The summed E-state index contributed by atoms with van der Waals surface area (Å²) in [6, 6.07) is 7.81. The van der Waals surface area contributed by atoms with Crippen molar-refractivity contribution in [1.82, 2.24) is 0 Å². The van der Waals surface area contributed by atoms with Crippen LogP contribution in [0.5, 0.6) is 0 Å². The molecular weight excluding hydrogens is 192 g/mol. The summed E-state index contributed by atoms with van der Waals surface area (Å²) >= 11 is 1.86. The third-order valence-corrected chi connectivity index (χ3v) is 2.72. The molecule has 0 aliphatic rings. The fourth-order valence-corrected chi connectivity index (χ4v) is 1.66. The van der Waals surface area contributed by atoms with Gasteiger partial charge in [-0.2, -0.15) is 11.8 Å². The van der Waals surface area contributed by atoms with Gasteiger partial charge in [-0.05, 0) is 12.1 Å². The highest BCUT2D eigenvalue weighted by Gasteiger charge is 1.94. The van der Waals surface area contributed by atoms with Gasteiger partial charge in [0.1, 0.15) is 0 Å². The second-order valence-corrected chi connectivity index (χ2v) is 4.03. The van der Waals surface area contributed by atoms with Gasteiger partial charge < -0.3 is 11.1 Å². The largest absolute Gasteiger partial charge is 0.397 e. The number of nitrogens with two attached hydrogens (primary N) is 1. The number of hydrogen-bond acceptors (Lipinski definition) is 3. The first-order valence-corrected chi connectivity index (χ1v) is 5.77. The van der Waals surface area contributed by atoms with E-state index in [1.165, 1.54) is 0 Å². The van der Waals surface area contributed by atoms with Gasteiger partial charge in [0, 0.05) is 18.1 Å². The summed E-state index contributed by atoms with van der Waals surface area (Å²) in [5, 5.41) is 3.29. The maximum absolute atomic E-state index is 5.78. The zero-order valence-electron chi connectivity index (χ0n) is 8.20. The molecule has 1 aromatic carbocycles. The van der Waals surface area contributed by atoms with E-state index in [-0.39, 0.29) is 0 Å². The Morgan fingerprint density at radius 2 is 2.21 bits per heavy atom. The molecule has 0 saturated carbocycles. The van der Waals surface area contributed by atoms with Crippen molar-refractivity contribution in [3.05, 3.63) is 36.9 Å². The fourth-order valence-electron chi connectivity index (χ4n) is 1.08. The molecule has 0 bridgehead atoms. The van der Waals surface area contributed by atoms with E-state index in [1.807, 2.05) is 42.1 Å². The number of nitrogens with one attached hydrogen (secondary N) is 1. The van der Waals surface area contributed by atoms with Crippen LogP contribution in [-0.2, 0) is 0 Å². The molecule has 76 valence electrons. The summed E-state index contributed by atoms with van der Waals surface area (Å²) < 4.78 is 0. The summed E-state index contributed by atoms with van der Waals surface area (Å²) in [6.45, 7) is 4.61. The number of nitrogen functional groups attached to an aromatic ring is 1. The van der Waals surface area contributed by atoms with Gasteiger partial charge in [-0.15, -0.1) is 6.58 Å².